The van der Waals surface area contributed by atoms with E-state index in [1.807, 2.05) is 12.1 Å². The summed E-state index contributed by atoms with van der Waals surface area (Å²) in [7, 11) is 0. The molecule has 0 radical (unpaired) electrons. The highest BCUT2D eigenvalue weighted by Gasteiger charge is 2.45. The zero-order valence-corrected chi connectivity index (χ0v) is 14.5. The van der Waals surface area contributed by atoms with Gasteiger partial charge in [0, 0.05) is 44.5 Å². The third kappa shape index (κ3) is 3.24. The van der Waals surface area contributed by atoms with E-state index in [-0.39, 0.29) is 11.8 Å². The van der Waals surface area contributed by atoms with Crippen molar-refractivity contribution in [1.82, 2.24) is 9.80 Å². The Morgan fingerprint density at radius 1 is 1.12 bits per heavy atom. The molecule has 2 heterocycles. The Morgan fingerprint density at radius 3 is 2.29 bits per heavy atom. The maximum Gasteiger partial charge on any atom is 0.269 e. The Morgan fingerprint density at radius 2 is 1.71 bits per heavy atom. The lowest BCUT2D eigenvalue weighted by molar-refractivity contribution is -0.156. The number of piperazine rings is 1. The van der Waals surface area contributed by atoms with Gasteiger partial charge in [-0.1, -0.05) is 28.9 Å². The van der Waals surface area contributed by atoms with E-state index in [0.29, 0.717) is 37.6 Å². The maximum absolute atomic E-state index is 12.8. The standard InChI is InChI=1S/C17H20ClN3O3/c1-12(22)20-7-9-21(10-8-20)16(23)17(2)11-15(19-24-17)13-3-5-14(18)6-4-13/h3-6H,7-11H2,1-2H3. The van der Waals surface area contributed by atoms with E-state index in [0.717, 1.165) is 11.3 Å². The fraction of sp³-hybridized carbons (Fsp3) is 0.471. The molecule has 7 heteroatoms. The second-order valence-corrected chi connectivity index (χ2v) is 6.78. The fourth-order valence-electron chi connectivity index (χ4n) is 3.01. The SMILES string of the molecule is CC(=O)N1CCN(C(=O)C2(C)CC(c3ccc(Cl)cc3)=NO2)CC1. The topological polar surface area (TPSA) is 62.2 Å². The Hall–Kier alpha value is -2.08. The van der Waals surface area contributed by atoms with Crippen LogP contribution < -0.4 is 0 Å². The quantitative estimate of drug-likeness (QED) is 0.819. The minimum Gasteiger partial charge on any atom is -0.379 e. The number of benzene rings is 1. The monoisotopic (exact) mass is 349 g/mol. The van der Waals surface area contributed by atoms with Gasteiger partial charge in [0.1, 0.15) is 0 Å². The van der Waals surface area contributed by atoms with Gasteiger partial charge in [-0.3, -0.25) is 9.59 Å². The number of nitrogens with zero attached hydrogens (tertiary/aromatic N) is 3. The molecule has 2 amide bonds. The van der Waals surface area contributed by atoms with Gasteiger partial charge in [-0.15, -0.1) is 0 Å². The first-order valence-corrected chi connectivity index (χ1v) is 8.33. The zero-order chi connectivity index (χ0) is 17.3. The molecule has 1 aromatic carbocycles. The van der Waals surface area contributed by atoms with Gasteiger partial charge >= 0.3 is 0 Å². The third-order valence-corrected chi connectivity index (χ3v) is 4.76. The average molecular weight is 350 g/mol. The van der Waals surface area contributed by atoms with E-state index < -0.39 is 5.60 Å². The molecule has 1 unspecified atom stereocenters. The lowest BCUT2D eigenvalue weighted by atomic mass is 9.94. The molecule has 1 aromatic rings. The molecule has 0 aromatic heterocycles. The molecule has 2 aliphatic rings. The van der Waals surface area contributed by atoms with Gasteiger partial charge in [0.25, 0.3) is 5.91 Å². The Kier molecular flexibility index (Phi) is 4.49. The smallest absolute Gasteiger partial charge is 0.269 e. The predicted octanol–water partition coefficient (Wildman–Crippen LogP) is 1.91. The Bertz CT molecular complexity index is 681. The second kappa shape index (κ2) is 6.43. The molecular weight excluding hydrogens is 330 g/mol. The molecule has 0 saturated carbocycles. The number of halogens is 1. The molecule has 1 saturated heterocycles. The number of oxime groups is 1. The van der Waals surface area contributed by atoms with Crippen LogP contribution in [0.2, 0.25) is 5.02 Å². The summed E-state index contributed by atoms with van der Waals surface area (Å²) in [6.45, 7) is 5.47. The van der Waals surface area contributed by atoms with E-state index in [4.69, 9.17) is 16.4 Å². The molecule has 1 atom stereocenters. The van der Waals surface area contributed by atoms with Gasteiger partial charge in [0.05, 0.1) is 5.71 Å². The summed E-state index contributed by atoms with van der Waals surface area (Å²) < 4.78 is 0. The minimum atomic E-state index is -0.993. The van der Waals surface area contributed by atoms with Crippen molar-refractivity contribution < 1.29 is 14.4 Å². The minimum absolute atomic E-state index is 0.0405. The fourth-order valence-corrected chi connectivity index (χ4v) is 3.14. The Labute approximate surface area is 146 Å². The van der Waals surface area contributed by atoms with Crippen molar-refractivity contribution in [3.05, 3.63) is 34.9 Å². The van der Waals surface area contributed by atoms with E-state index in [1.165, 1.54) is 0 Å². The van der Waals surface area contributed by atoms with Crippen molar-refractivity contribution in [2.45, 2.75) is 25.9 Å². The molecule has 1 fully saturated rings. The van der Waals surface area contributed by atoms with Gasteiger partial charge in [0.2, 0.25) is 11.5 Å². The van der Waals surface area contributed by atoms with Gasteiger partial charge in [0.15, 0.2) is 0 Å². The van der Waals surface area contributed by atoms with Crippen LogP contribution >= 0.6 is 11.6 Å². The van der Waals surface area contributed by atoms with Crippen LogP contribution in [-0.2, 0) is 14.4 Å². The van der Waals surface area contributed by atoms with Gasteiger partial charge in [-0.05, 0) is 24.6 Å². The van der Waals surface area contributed by atoms with Crippen molar-refractivity contribution in [2.24, 2.45) is 5.16 Å². The van der Waals surface area contributed by atoms with Crippen LogP contribution in [0.1, 0.15) is 25.8 Å². The lowest BCUT2D eigenvalue weighted by Crippen LogP contribution is -2.55. The average Bonchev–Trinajstić information content (AvgIpc) is 2.98. The molecule has 0 aliphatic carbocycles. The first-order chi connectivity index (χ1) is 11.4. The number of carbonyl (C=O) groups is 2. The first-order valence-electron chi connectivity index (χ1n) is 7.95. The molecule has 24 heavy (non-hydrogen) atoms. The first kappa shape index (κ1) is 16.8. The highest BCUT2D eigenvalue weighted by molar-refractivity contribution is 6.30. The zero-order valence-electron chi connectivity index (χ0n) is 13.8. The van der Waals surface area contributed by atoms with Crippen molar-refractivity contribution >= 4 is 29.1 Å². The van der Waals surface area contributed by atoms with Gasteiger partial charge in [-0.2, -0.15) is 0 Å². The van der Waals surface area contributed by atoms with Crippen LogP contribution in [0.25, 0.3) is 0 Å². The number of hydrogen-bond acceptors (Lipinski definition) is 4. The second-order valence-electron chi connectivity index (χ2n) is 6.34. The molecule has 0 spiro atoms. The summed E-state index contributed by atoms with van der Waals surface area (Å²) in [5.41, 5.74) is 0.648. The number of rotatable bonds is 2. The summed E-state index contributed by atoms with van der Waals surface area (Å²) in [4.78, 5) is 33.2. The van der Waals surface area contributed by atoms with Crippen LogP contribution in [0.5, 0.6) is 0 Å². The summed E-state index contributed by atoms with van der Waals surface area (Å²) in [5.74, 6) is -0.0443. The summed E-state index contributed by atoms with van der Waals surface area (Å²) >= 11 is 5.90. The summed E-state index contributed by atoms with van der Waals surface area (Å²) in [6.07, 6.45) is 0.417. The van der Waals surface area contributed by atoms with Crippen LogP contribution in [-0.4, -0.2) is 59.1 Å². The van der Waals surface area contributed by atoms with E-state index in [2.05, 4.69) is 5.16 Å². The molecule has 0 bridgehead atoms. The maximum atomic E-state index is 12.8. The normalized spacial score (nSPS) is 23.7. The molecule has 0 N–H and O–H groups in total. The highest BCUT2D eigenvalue weighted by atomic mass is 35.5. The molecule has 3 rings (SSSR count). The number of hydrogen-bond donors (Lipinski definition) is 0. The summed E-state index contributed by atoms with van der Waals surface area (Å²) in [6, 6.07) is 7.31. The van der Waals surface area contributed by atoms with Crippen LogP contribution in [0.15, 0.2) is 29.4 Å². The number of amides is 2. The molecule has 2 aliphatic heterocycles. The van der Waals surface area contributed by atoms with Crippen molar-refractivity contribution in [2.75, 3.05) is 26.2 Å². The molecule has 6 nitrogen and oxygen atoms in total. The van der Waals surface area contributed by atoms with E-state index >= 15 is 0 Å². The van der Waals surface area contributed by atoms with Crippen LogP contribution in [0.3, 0.4) is 0 Å². The largest absolute Gasteiger partial charge is 0.379 e. The third-order valence-electron chi connectivity index (χ3n) is 4.50. The molecule has 128 valence electrons. The number of carbonyl (C=O) groups excluding carboxylic acids is 2. The summed E-state index contributed by atoms with van der Waals surface area (Å²) in [5, 5.41) is 4.76. The molecular formula is C17H20ClN3O3. The van der Waals surface area contributed by atoms with Crippen LogP contribution in [0.4, 0.5) is 0 Å². The van der Waals surface area contributed by atoms with Crippen LogP contribution in [0, 0.1) is 0 Å². The highest BCUT2D eigenvalue weighted by Crippen LogP contribution is 2.29. The lowest BCUT2D eigenvalue weighted by Gasteiger charge is -2.37. The van der Waals surface area contributed by atoms with Crippen molar-refractivity contribution in [3.8, 4) is 0 Å². The van der Waals surface area contributed by atoms with E-state index in [1.54, 1.807) is 35.8 Å². The van der Waals surface area contributed by atoms with Crippen molar-refractivity contribution in [3.63, 3.8) is 0 Å². The van der Waals surface area contributed by atoms with Gasteiger partial charge < -0.3 is 14.6 Å². The van der Waals surface area contributed by atoms with Gasteiger partial charge in [-0.25, -0.2) is 0 Å². The Balaban J connectivity index is 1.64. The predicted molar refractivity (Wildman–Crippen MR) is 90.9 cm³/mol. The van der Waals surface area contributed by atoms with E-state index in [9.17, 15) is 9.59 Å². The van der Waals surface area contributed by atoms with Crippen molar-refractivity contribution in [1.29, 1.82) is 0 Å².